The summed E-state index contributed by atoms with van der Waals surface area (Å²) in [4.78, 5) is 12.0. The summed E-state index contributed by atoms with van der Waals surface area (Å²) in [6, 6.07) is 7.10. The lowest BCUT2D eigenvalue weighted by molar-refractivity contribution is -0.115. The van der Waals surface area contributed by atoms with E-state index in [1.54, 1.807) is 24.5 Å². The number of aryl methyl sites for hydroxylation is 1. The van der Waals surface area contributed by atoms with E-state index in [1.807, 2.05) is 19.9 Å². The van der Waals surface area contributed by atoms with Crippen molar-refractivity contribution in [3.8, 4) is 0 Å². The van der Waals surface area contributed by atoms with Gasteiger partial charge in [-0.1, -0.05) is 29.3 Å². The average Bonchev–Trinajstić information content (AvgIpc) is 2.99. The van der Waals surface area contributed by atoms with Gasteiger partial charge < -0.3 is 9.73 Å². The van der Waals surface area contributed by atoms with Crippen molar-refractivity contribution in [1.82, 2.24) is 5.32 Å². The lowest BCUT2D eigenvalue weighted by Gasteiger charge is -2.13. The number of carbonyl (C=O) groups is 1. The molecule has 0 radical (unpaired) electrons. The molecule has 1 aromatic heterocycles. The van der Waals surface area contributed by atoms with Crippen molar-refractivity contribution in [2.45, 2.75) is 19.9 Å². The number of nitrogens with one attached hydrogen (secondary N) is 2. The highest BCUT2D eigenvalue weighted by molar-refractivity contribution is 6.40. The summed E-state index contributed by atoms with van der Waals surface area (Å²) in [5, 5.41) is 6.66. The zero-order valence-corrected chi connectivity index (χ0v) is 13.3. The first-order valence-electron chi connectivity index (χ1n) is 6.50. The summed E-state index contributed by atoms with van der Waals surface area (Å²) >= 11 is 12.2. The number of halogens is 2. The molecule has 0 saturated carbocycles. The molecular formula is C15H16Cl2N2O2. The molecule has 0 spiro atoms. The Hall–Kier alpha value is -1.49. The molecule has 0 unspecified atom stereocenters. The molecule has 0 aliphatic rings. The molecule has 21 heavy (non-hydrogen) atoms. The van der Waals surface area contributed by atoms with Gasteiger partial charge in [0.2, 0.25) is 5.91 Å². The molecule has 4 nitrogen and oxygen atoms in total. The number of amides is 1. The van der Waals surface area contributed by atoms with Gasteiger partial charge in [0.1, 0.15) is 5.76 Å². The molecule has 2 rings (SSSR count). The quantitative estimate of drug-likeness (QED) is 0.866. The standard InChI is InChI=1S/C15H16Cl2N2O2/c1-9-5-6-11(16)15(14(9)17)19-13(20)8-18-10(2)12-4-3-7-21-12/h3-7,10,18H,8H2,1-2H3,(H,19,20)/t10-/m0/s1. The molecule has 0 aliphatic heterocycles. The van der Waals surface area contributed by atoms with Crippen LogP contribution in [0.5, 0.6) is 0 Å². The maximum atomic E-state index is 12.0. The fraction of sp³-hybridized carbons (Fsp3) is 0.267. The van der Waals surface area contributed by atoms with Crippen LogP contribution >= 0.6 is 23.2 Å². The van der Waals surface area contributed by atoms with E-state index in [0.717, 1.165) is 11.3 Å². The van der Waals surface area contributed by atoms with Gasteiger partial charge in [0.05, 0.1) is 34.6 Å². The first kappa shape index (κ1) is 15.9. The van der Waals surface area contributed by atoms with E-state index in [4.69, 9.17) is 27.6 Å². The van der Waals surface area contributed by atoms with E-state index < -0.39 is 0 Å². The summed E-state index contributed by atoms with van der Waals surface area (Å²) in [7, 11) is 0. The Morgan fingerprint density at radius 1 is 1.33 bits per heavy atom. The molecule has 2 N–H and O–H groups in total. The molecule has 1 amide bonds. The number of furan rings is 1. The van der Waals surface area contributed by atoms with Crippen molar-refractivity contribution in [2.75, 3.05) is 11.9 Å². The first-order valence-corrected chi connectivity index (χ1v) is 7.26. The van der Waals surface area contributed by atoms with Gasteiger partial charge in [-0.25, -0.2) is 0 Å². The van der Waals surface area contributed by atoms with Gasteiger partial charge in [-0.05, 0) is 37.6 Å². The minimum Gasteiger partial charge on any atom is -0.468 e. The second-order valence-electron chi connectivity index (χ2n) is 4.72. The largest absolute Gasteiger partial charge is 0.468 e. The summed E-state index contributed by atoms with van der Waals surface area (Å²) < 4.78 is 5.26. The average molecular weight is 327 g/mol. The normalized spacial score (nSPS) is 12.2. The van der Waals surface area contributed by atoms with Gasteiger partial charge in [-0.2, -0.15) is 0 Å². The molecule has 0 saturated heterocycles. The number of hydrogen-bond donors (Lipinski definition) is 2. The van der Waals surface area contributed by atoms with E-state index in [1.165, 1.54) is 0 Å². The number of rotatable bonds is 5. The molecular weight excluding hydrogens is 311 g/mol. The monoisotopic (exact) mass is 326 g/mol. The molecule has 6 heteroatoms. The van der Waals surface area contributed by atoms with Crippen LogP contribution in [0.3, 0.4) is 0 Å². The van der Waals surface area contributed by atoms with Crippen LogP contribution in [0, 0.1) is 6.92 Å². The molecule has 112 valence electrons. The number of carbonyl (C=O) groups excluding carboxylic acids is 1. The van der Waals surface area contributed by atoms with E-state index in [0.29, 0.717) is 15.7 Å². The van der Waals surface area contributed by atoms with Crippen molar-refractivity contribution in [1.29, 1.82) is 0 Å². The van der Waals surface area contributed by atoms with E-state index >= 15 is 0 Å². The van der Waals surface area contributed by atoms with Crippen molar-refractivity contribution in [3.05, 3.63) is 51.9 Å². The number of benzene rings is 1. The third kappa shape index (κ3) is 4.00. The highest BCUT2D eigenvalue weighted by Gasteiger charge is 2.13. The third-order valence-corrected chi connectivity index (χ3v) is 3.89. The van der Waals surface area contributed by atoms with Gasteiger partial charge in [0.25, 0.3) is 0 Å². The molecule has 0 fully saturated rings. The van der Waals surface area contributed by atoms with E-state index in [2.05, 4.69) is 10.6 Å². The van der Waals surface area contributed by atoms with Crippen LogP contribution in [0.2, 0.25) is 10.0 Å². The van der Waals surface area contributed by atoms with Crippen LogP contribution < -0.4 is 10.6 Å². The van der Waals surface area contributed by atoms with Crippen LogP contribution in [-0.2, 0) is 4.79 Å². The predicted molar refractivity (Wildman–Crippen MR) is 85.0 cm³/mol. The SMILES string of the molecule is Cc1ccc(Cl)c(NC(=O)CN[C@@H](C)c2ccco2)c1Cl. The fourth-order valence-corrected chi connectivity index (χ4v) is 2.30. The second-order valence-corrected chi connectivity index (χ2v) is 5.50. The minimum atomic E-state index is -0.220. The van der Waals surface area contributed by atoms with Crippen LogP contribution in [0.4, 0.5) is 5.69 Å². The minimum absolute atomic E-state index is 0.0609. The fourth-order valence-electron chi connectivity index (χ4n) is 1.84. The lowest BCUT2D eigenvalue weighted by atomic mass is 10.2. The third-order valence-electron chi connectivity index (χ3n) is 3.09. The summed E-state index contributed by atoms with van der Waals surface area (Å²) in [6.45, 7) is 3.90. The van der Waals surface area contributed by atoms with Crippen molar-refractivity contribution in [3.63, 3.8) is 0 Å². The lowest BCUT2D eigenvalue weighted by Crippen LogP contribution is -2.30. The zero-order chi connectivity index (χ0) is 15.4. The summed E-state index contributed by atoms with van der Waals surface area (Å²) in [6.07, 6.45) is 1.60. The van der Waals surface area contributed by atoms with Crippen LogP contribution in [0.1, 0.15) is 24.3 Å². The van der Waals surface area contributed by atoms with E-state index in [-0.39, 0.29) is 18.5 Å². The Labute approximate surface area is 133 Å². The molecule has 2 aromatic rings. The van der Waals surface area contributed by atoms with Gasteiger partial charge in [-0.15, -0.1) is 0 Å². The smallest absolute Gasteiger partial charge is 0.238 e. The maximum absolute atomic E-state index is 12.0. The van der Waals surface area contributed by atoms with Gasteiger partial charge in [0, 0.05) is 0 Å². The Morgan fingerprint density at radius 2 is 2.10 bits per heavy atom. The second kappa shape index (κ2) is 6.98. The Bertz CT molecular complexity index is 627. The zero-order valence-electron chi connectivity index (χ0n) is 11.7. The Morgan fingerprint density at radius 3 is 2.76 bits per heavy atom. The predicted octanol–water partition coefficient (Wildman–Crippen LogP) is 4.18. The summed E-state index contributed by atoms with van der Waals surface area (Å²) in [5.74, 6) is 0.553. The number of hydrogen-bond acceptors (Lipinski definition) is 3. The molecule has 1 atom stereocenters. The topological polar surface area (TPSA) is 54.3 Å². The maximum Gasteiger partial charge on any atom is 0.238 e. The van der Waals surface area contributed by atoms with Crippen LogP contribution in [-0.4, -0.2) is 12.5 Å². The van der Waals surface area contributed by atoms with Crippen LogP contribution in [0.15, 0.2) is 34.9 Å². The van der Waals surface area contributed by atoms with Gasteiger partial charge in [0.15, 0.2) is 0 Å². The van der Waals surface area contributed by atoms with Gasteiger partial charge >= 0.3 is 0 Å². The van der Waals surface area contributed by atoms with Crippen molar-refractivity contribution >= 4 is 34.8 Å². The highest BCUT2D eigenvalue weighted by Crippen LogP contribution is 2.32. The van der Waals surface area contributed by atoms with Crippen molar-refractivity contribution in [2.24, 2.45) is 0 Å². The number of anilines is 1. The Kier molecular flexibility index (Phi) is 5.28. The van der Waals surface area contributed by atoms with E-state index in [9.17, 15) is 4.79 Å². The molecule has 0 aliphatic carbocycles. The molecule has 1 aromatic carbocycles. The highest BCUT2D eigenvalue weighted by atomic mass is 35.5. The molecule has 0 bridgehead atoms. The Balaban J connectivity index is 1.95. The first-order chi connectivity index (χ1) is 9.99. The van der Waals surface area contributed by atoms with Gasteiger partial charge in [-0.3, -0.25) is 10.1 Å². The molecule has 1 heterocycles. The van der Waals surface area contributed by atoms with Crippen LogP contribution in [0.25, 0.3) is 0 Å². The van der Waals surface area contributed by atoms with Crippen molar-refractivity contribution < 1.29 is 9.21 Å². The summed E-state index contributed by atoms with van der Waals surface area (Å²) in [5.41, 5.74) is 1.30.